The summed E-state index contributed by atoms with van der Waals surface area (Å²) < 4.78 is 10.9. The highest BCUT2D eigenvalue weighted by Gasteiger charge is 2.11. The van der Waals surface area contributed by atoms with E-state index in [2.05, 4.69) is 21.2 Å². The van der Waals surface area contributed by atoms with Crippen molar-refractivity contribution in [3.63, 3.8) is 0 Å². The zero-order valence-corrected chi connectivity index (χ0v) is 11.0. The van der Waals surface area contributed by atoms with Gasteiger partial charge in [-0.15, -0.1) is 0 Å². The lowest BCUT2D eigenvalue weighted by Gasteiger charge is -2.18. The van der Waals surface area contributed by atoms with Crippen molar-refractivity contribution >= 4 is 21.8 Å². The molecule has 0 saturated carbocycles. The molecule has 0 unspecified atom stereocenters. The number of hydrogen-bond donors (Lipinski definition) is 1. The normalized spacial score (nSPS) is 13.2. The average molecular weight is 300 g/mol. The lowest BCUT2D eigenvalue weighted by Crippen LogP contribution is -2.26. The van der Waals surface area contributed by atoms with Gasteiger partial charge in [0, 0.05) is 6.54 Å². The van der Waals surface area contributed by atoms with Gasteiger partial charge in [0.15, 0.2) is 11.5 Å². The standard InChI is InChI=1S/C12H14BrNO3/c13-8-12(15)14-4-3-9-1-2-10-11(7-9)17-6-5-16-10/h1-2,7H,3-6,8H2,(H,14,15). The van der Waals surface area contributed by atoms with Gasteiger partial charge >= 0.3 is 0 Å². The van der Waals surface area contributed by atoms with Crippen LogP contribution in [0.5, 0.6) is 11.5 Å². The summed E-state index contributed by atoms with van der Waals surface area (Å²) in [6.07, 6.45) is 0.787. The van der Waals surface area contributed by atoms with Crippen LogP contribution in [-0.2, 0) is 11.2 Å². The average Bonchev–Trinajstić information content (AvgIpc) is 2.38. The fourth-order valence-corrected chi connectivity index (χ4v) is 1.84. The van der Waals surface area contributed by atoms with Crippen LogP contribution in [0.1, 0.15) is 5.56 Å². The maximum absolute atomic E-state index is 11.0. The number of hydrogen-bond acceptors (Lipinski definition) is 3. The number of benzene rings is 1. The Hall–Kier alpha value is -1.23. The van der Waals surface area contributed by atoms with Crippen LogP contribution in [0.15, 0.2) is 18.2 Å². The molecule has 0 spiro atoms. The molecule has 0 aromatic heterocycles. The van der Waals surface area contributed by atoms with E-state index in [9.17, 15) is 4.79 Å². The summed E-state index contributed by atoms with van der Waals surface area (Å²) in [6, 6.07) is 5.87. The minimum Gasteiger partial charge on any atom is -0.486 e. The van der Waals surface area contributed by atoms with Crippen LogP contribution in [0, 0.1) is 0 Å². The number of halogens is 1. The number of nitrogens with one attached hydrogen (secondary N) is 1. The molecule has 1 aromatic rings. The Bertz CT molecular complexity index is 409. The van der Waals surface area contributed by atoms with Gasteiger partial charge in [-0.25, -0.2) is 0 Å². The van der Waals surface area contributed by atoms with Crippen molar-refractivity contribution in [2.45, 2.75) is 6.42 Å². The van der Waals surface area contributed by atoms with Crippen LogP contribution in [0.3, 0.4) is 0 Å². The summed E-state index contributed by atoms with van der Waals surface area (Å²) in [5.41, 5.74) is 1.13. The third-order valence-electron chi connectivity index (χ3n) is 2.46. The van der Waals surface area contributed by atoms with Crippen molar-refractivity contribution < 1.29 is 14.3 Å². The zero-order chi connectivity index (χ0) is 12.1. The molecular weight excluding hydrogens is 286 g/mol. The first kappa shape index (κ1) is 12.2. The minimum absolute atomic E-state index is 0.00235. The molecule has 0 saturated heterocycles. The Balaban J connectivity index is 1.91. The van der Waals surface area contributed by atoms with E-state index in [1.54, 1.807) is 0 Å². The predicted octanol–water partition coefficient (Wildman–Crippen LogP) is 1.51. The molecule has 17 heavy (non-hydrogen) atoms. The lowest BCUT2D eigenvalue weighted by molar-refractivity contribution is -0.118. The van der Waals surface area contributed by atoms with Crippen LogP contribution < -0.4 is 14.8 Å². The highest BCUT2D eigenvalue weighted by Crippen LogP contribution is 2.30. The van der Waals surface area contributed by atoms with Gasteiger partial charge in [-0.3, -0.25) is 4.79 Å². The Morgan fingerprint density at radius 3 is 2.82 bits per heavy atom. The number of fused-ring (bicyclic) bond motifs is 1. The fraction of sp³-hybridized carbons (Fsp3) is 0.417. The van der Waals surface area contributed by atoms with Crippen LogP contribution in [0.2, 0.25) is 0 Å². The molecule has 4 nitrogen and oxygen atoms in total. The molecule has 0 radical (unpaired) electrons. The molecule has 0 fully saturated rings. The lowest BCUT2D eigenvalue weighted by atomic mass is 10.1. The molecule has 5 heteroatoms. The SMILES string of the molecule is O=C(CBr)NCCc1ccc2c(c1)OCCO2. The van der Waals surface area contributed by atoms with Crippen LogP contribution in [0.25, 0.3) is 0 Å². The van der Waals surface area contributed by atoms with Crippen molar-refractivity contribution in [1.82, 2.24) is 5.32 Å². The number of carbonyl (C=O) groups is 1. The quantitative estimate of drug-likeness (QED) is 0.858. The summed E-state index contributed by atoms with van der Waals surface area (Å²) in [5.74, 6) is 1.59. The first-order valence-electron chi connectivity index (χ1n) is 5.51. The van der Waals surface area contributed by atoms with Gasteiger partial charge in [-0.1, -0.05) is 22.0 Å². The van der Waals surface area contributed by atoms with Crippen LogP contribution in [0.4, 0.5) is 0 Å². The smallest absolute Gasteiger partial charge is 0.230 e. The predicted molar refractivity (Wildman–Crippen MR) is 67.9 cm³/mol. The molecule has 0 atom stereocenters. The number of carbonyl (C=O) groups excluding carboxylic acids is 1. The summed E-state index contributed by atoms with van der Waals surface area (Å²) in [4.78, 5) is 11.0. The third-order valence-corrected chi connectivity index (χ3v) is 2.97. The molecule has 1 aliphatic rings. The van der Waals surface area contributed by atoms with E-state index in [0.717, 1.165) is 23.5 Å². The zero-order valence-electron chi connectivity index (χ0n) is 9.37. The second kappa shape index (κ2) is 5.91. The highest BCUT2D eigenvalue weighted by atomic mass is 79.9. The molecule has 1 aromatic carbocycles. The second-order valence-electron chi connectivity index (χ2n) is 3.71. The van der Waals surface area contributed by atoms with Gasteiger partial charge in [-0.05, 0) is 24.1 Å². The summed E-state index contributed by atoms with van der Waals surface area (Å²) in [6.45, 7) is 1.83. The minimum atomic E-state index is 0.00235. The monoisotopic (exact) mass is 299 g/mol. The van der Waals surface area contributed by atoms with Crippen molar-refractivity contribution in [2.24, 2.45) is 0 Å². The molecule has 92 valence electrons. The molecule has 1 amide bonds. The molecular formula is C12H14BrNO3. The number of alkyl halides is 1. The van der Waals surface area contributed by atoms with Crippen molar-refractivity contribution in [3.8, 4) is 11.5 Å². The van der Waals surface area contributed by atoms with Gasteiger partial charge in [0.1, 0.15) is 13.2 Å². The molecule has 0 aliphatic carbocycles. The van der Waals surface area contributed by atoms with Gasteiger partial charge < -0.3 is 14.8 Å². The molecule has 1 aliphatic heterocycles. The summed E-state index contributed by atoms with van der Waals surface area (Å²) >= 11 is 3.10. The van der Waals surface area contributed by atoms with E-state index in [1.165, 1.54) is 0 Å². The topological polar surface area (TPSA) is 47.6 Å². The number of amides is 1. The third kappa shape index (κ3) is 3.36. The van der Waals surface area contributed by atoms with E-state index < -0.39 is 0 Å². The Labute approximate surface area is 108 Å². The Morgan fingerprint density at radius 1 is 1.29 bits per heavy atom. The number of rotatable bonds is 4. The fourth-order valence-electron chi connectivity index (χ4n) is 1.64. The summed E-state index contributed by atoms with van der Waals surface area (Å²) in [7, 11) is 0. The van der Waals surface area contributed by atoms with Crippen molar-refractivity contribution in [1.29, 1.82) is 0 Å². The van der Waals surface area contributed by atoms with E-state index in [-0.39, 0.29) is 5.91 Å². The first-order valence-corrected chi connectivity index (χ1v) is 6.63. The van der Waals surface area contributed by atoms with E-state index in [0.29, 0.717) is 25.1 Å². The van der Waals surface area contributed by atoms with Gasteiger partial charge in [0.25, 0.3) is 0 Å². The molecule has 2 rings (SSSR count). The van der Waals surface area contributed by atoms with Crippen molar-refractivity contribution in [2.75, 3.05) is 25.1 Å². The van der Waals surface area contributed by atoms with Gasteiger partial charge in [-0.2, -0.15) is 0 Å². The highest BCUT2D eigenvalue weighted by molar-refractivity contribution is 9.09. The van der Waals surface area contributed by atoms with Gasteiger partial charge in [0.2, 0.25) is 5.91 Å². The van der Waals surface area contributed by atoms with Gasteiger partial charge in [0.05, 0.1) is 5.33 Å². The molecule has 1 N–H and O–H groups in total. The van der Waals surface area contributed by atoms with E-state index in [1.807, 2.05) is 18.2 Å². The molecule has 1 heterocycles. The first-order chi connectivity index (χ1) is 8.29. The van der Waals surface area contributed by atoms with Crippen molar-refractivity contribution in [3.05, 3.63) is 23.8 Å². The molecule has 0 bridgehead atoms. The Morgan fingerprint density at radius 2 is 2.06 bits per heavy atom. The largest absolute Gasteiger partial charge is 0.486 e. The second-order valence-corrected chi connectivity index (χ2v) is 4.27. The maximum Gasteiger partial charge on any atom is 0.230 e. The number of ether oxygens (including phenoxy) is 2. The summed E-state index contributed by atoms with van der Waals surface area (Å²) in [5, 5.41) is 3.14. The van der Waals surface area contributed by atoms with Crippen LogP contribution >= 0.6 is 15.9 Å². The van der Waals surface area contributed by atoms with Crippen LogP contribution in [-0.4, -0.2) is 31.0 Å². The van der Waals surface area contributed by atoms with E-state index >= 15 is 0 Å². The van der Waals surface area contributed by atoms with E-state index in [4.69, 9.17) is 9.47 Å². The Kier molecular flexibility index (Phi) is 4.25. The maximum atomic E-state index is 11.0.